The van der Waals surface area contributed by atoms with Gasteiger partial charge in [-0.3, -0.25) is 0 Å². The molecule has 1 heterocycles. The van der Waals surface area contributed by atoms with Crippen LogP contribution >= 0.6 is 0 Å². The minimum absolute atomic E-state index is 0.0136. The van der Waals surface area contributed by atoms with Gasteiger partial charge in [0.25, 0.3) is 6.43 Å². The summed E-state index contributed by atoms with van der Waals surface area (Å²) < 4.78 is 53.1. The van der Waals surface area contributed by atoms with Crippen molar-refractivity contribution >= 4 is 0 Å². The maximum Gasteiger partial charge on any atom is 0.267 e. The summed E-state index contributed by atoms with van der Waals surface area (Å²) in [6, 6.07) is 2.99. The number of hydrogen-bond acceptors (Lipinski definition) is 2. The first-order chi connectivity index (χ1) is 15.0. The van der Waals surface area contributed by atoms with Crippen LogP contribution in [-0.2, 0) is 4.74 Å². The van der Waals surface area contributed by atoms with Crippen molar-refractivity contribution < 1.29 is 22.6 Å². The van der Waals surface area contributed by atoms with Crippen molar-refractivity contribution in [3.8, 4) is 5.75 Å². The molecule has 2 nitrogen and oxygen atoms in total. The first-order valence-corrected chi connectivity index (χ1v) is 11.7. The highest BCUT2D eigenvalue weighted by Gasteiger charge is 2.30. The number of halogens is 3. The van der Waals surface area contributed by atoms with Crippen molar-refractivity contribution in [1.82, 2.24) is 0 Å². The summed E-state index contributed by atoms with van der Waals surface area (Å²) in [5, 5.41) is 0. The van der Waals surface area contributed by atoms with Crippen LogP contribution in [0.4, 0.5) is 13.2 Å². The Hall–Kier alpha value is -1.75. The average Bonchev–Trinajstić information content (AvgIpc) is 2.78. The SMILES string of the molecule is C=CCOc1ccc(C2CCC(/C=C/C3CCC(CCC)CC3)OC2)c(C(F)F)c1F. The molecule has 3 rings (SSSR count). The molecule has 1 saturated carbocycles. The Morgan fingerprint density at radius 1 is 1.13 bits per heavy atom. The molecule has 0 aromatic heterocycles. The first kappa shape index (κ1) is 23.9. The van der Waals surface area contributed by atoms with Crippen molar-refractivity contribution in [2.75, 3.05) is 13.2 Å². The van der Waals surface area contributed by atoms with Crippen molar-refractivity contribution in [3.63, 3.8) is 0 Å². The van der Waals surface area contributed by atoms with E-state index in [1.165, 1.54) is 50.7 Å². The van der Waals surface area contributed by atoms with Crippen LogP contribution in [-0.4, -0.2) is 19.3 Å². The molecule has 0 bridgehead atoms. The molecule has 0 radical (unpaired) electrons. The Bertz CT molecular complexity index is 730. The number of hydrogen-bond donors (Lipinski definition) is 0. The van der Waals surface area contributed by atoms with Gasteiger partial charge in [0.15, 0.2) is 11.6 Å². The summed E-state index contributed by atoms with van der Waals surface area (Å²) in [6.45, 7) is 6.15. The van der Waals surface area contributed by atoms with E-state index in [1.54, 1.807) is 6.07 Å². The van der Waals surface area contributed by atoms with Crippen molar-refractivity contribution in [1.29, 1.82) is 0 Å². The number of ether oxygens (including phenoxy) is 2. The lowest BCUT2D eigenvalue weighted by Gasteiger charge is -2.30. The van der Waals surface area contributed by atoms with E-state index in [0.29, 0.717) is 24.5 Å². The summed E-state index contributed by atoms with van der Waals surface area (Å²) in [6.07, 6.45) is 12.2. The largest absolute Gasteiger partial charge is 0.486 e. The van der Waals surface area contributed by atoms with E-state index >= 15 is 0 Å². The smallest absolute Gasteiger partial charge is 0.267 e. The fourth-order valence-electron chi connectivity index (χ4n) is 4.95. The number of allylic oxidation sites excluding steroid dienone is 1. The number of benzene rings is 1. The Morgan fingerprint density at radius 2 is 1.90 bits per heavy atom. The lowest BCUT2D eigenvalue weighted by molar-refractivity contribution is 0.0310. The number of alkyl halides is 2. The average molecular weight is 437 g/mol. The third kappa shape index (κ3) is 6.38. The zero-order valence-corrected chi connectivity index (χ0v) is 18.5. The topological polar surface area (TPSA) is 18.5 Å². The third-order valence-corrected chi connectivity index (χ3v) is 6.69. The van der Waals surface area contributed by atoms with Crippen LogP contribution in [0.1, 0.15) is 81.8 Å². The molecule has 5 heteroatoms. The second-order valence-corrected chi connectivity index (χ2v) is 8.88. The van der Waals surface area contributed by atoms with Gasteiger partial charge in [0, 0.05) is 5.92 Å². The van der Waals surface area contributed by atoms with Crippen molar-refractivity contribution in [2.24, 2.45) is 11.8 Å². The van der Waals surface area contributed by atoms with E-state index in [2.05, 4.69) is 25.7 Å². The van der Waals surface area contributed by atoms with Gasteiger partial charge in [-0.05, 0) is 62.0 Å². The minimum atomic E-state index is -2.90. The van der Waals surface area contributed by atoms with E-state index in [1.807, 2.05) is 0 Å². The molecule has 0 amide bonds. The van der Waals surface area contributed by atoms with Gasteiger partial charge < -0.3 is 9.47 Å². The van der Waals surface area contributed by atoms with Crippen molar-refractivity contribution in [2.45, 2.75) is 76.7 Å². The van der Waals surface area contributed by atoms with Gasteiger partial charge in [0.2, 0.25) is 0 Å². The maximum atomic E-state index is 14.7. The monoisotopic (exact) mass is 436 g/mol. The van der Waals surface area contributed by atoms with Gasteiger partial charge in [0.05, 0.1) is 18.3 Å². The molecule has 1 aromatic rings. The summed E-state index contributed by atoms with van der Waals surface area (Å²) in [5.74, 6) is 0.137. The van der Waals surface area contributed by atoms with E-state index in [4.69, 9.17) is 9.47 Å². The molecule has 1 aliphatic carbocycles. The third-order valence-electron chi connectivity index (χ3n) is 6.69. The Morgan fingerprint density at radius 3 is 2.52 bits per heavy atom. The quantitative estimate of drug-likeness (QED) is 0.368. The van der Waals surface area contributed by atoms with Gasteiger partial charge in [0.1, 0.15) is 6.61 Å². The number of rotatable bonds is 9. The first-order valence-electron chi connectivity index (χ1n) is 11.7. The molecule has 172 valence electrons. The maximum absolute atomic E-state index is 14.7. The van der Waals surface area contributed by atoms with Crippen LogP contribution in [0.15, 0.2) is 36.9 Å². The van der Waals surface area contributed by atoms with Gasteiger partial charge in [-0.2, -0.15) is 0 Å². The highest BCUT2D eigenvalue weighted by molar-refractivity contribution is 5.41. The summed E-state index contributed by atoms with van der Waals surface area (Å²) >= 11 is 0. The second kappa shape index (κ2) is 11.8. The molecule has 31 heavy (non-hydrogen) atoms. The van der Waals surface area contributed by atoms with Gasteiger partial charge in [-0.1, -0.05) is 50.6 Å². The van der Waals surface area contributed by atoms with Crippen molar-refractivity contribution in [3.05, 3.63) is 53.9 Å². The highest BCUT2D eigenvalue weighted by atomic mass is 19.3. The Kier molecular flexibility index (Phi) is 9.06. The standard InChI is InChI=1S/C26H35F3O2/c1-3-5-18-6-8-19(9-7-18)10-12-21-13-11-20(17-31-21)22-14-15-23(30-16-4-2)25(27)24(22)26(28)29/h4,10,12,14-15,18-21,26H,2-3,5-9,11,13,16-17H2,1H3/b12-10+. The predicted molar refractivity (Wildman–Crippen MR) is 118 cm³/mol. The molecule has 2 aliphatic rings. The van der Waals surface area contributed by atoms with Gasteiger partial charge in [-0.15, -0.1) is 0 Å². The van der Waals surface area contributed by atoms with E-state index in [0.717, 1.165) is 12.3 Å². The molecular weight excluding hydrogens is 401 g/mol. The van der Waals surface area contributed by atoms with E-state index in [-0.39, 0.29) is 24.4 Å². The predicted octanol–water partition coefficient (Wildman–Crippen LogP) is 7.75. The summed E-state index contributed by atoms with van der Waals surface area (Å²) in [7, 11) is 0. The zero-order chi connectivity index (χ0) is 22.2. The Balaban J connectivity index is 1.57. The molecule has 0 spiro atoms. The van der Waals surface area contributed by atoms with E-state index in [9.17, 15) is 13.2 Å². The highest BCUT2D eigenvalue weighted by Crippen LogP contribution is 2.39. The minimum Gasteiger partial charge on any atom is -0.486 e. The molecular formula is C26H35F3O2. The summed E-state index contributed by atoms with van der Waals surface area (Å²) in [4.78, 5) is 0. The molecule has 2 atom stereocenters. The van der Waals surface area contributed by atoms with Crippen LogP contribution in [0, 0.1) is 17.7 Å². The van der Waals surface area contributed by atoms with Crippen LogP contribution in [0.5, 0.6) is 5.75 Å². The second-order valence-electron chi connectivity index (χ2n) is 8.88. The fourth-order valence-corrected chi connectivity index (χ4v) is 4.95. The molecule has 1 aliphatic heterocycles. The zero-order valence-electron chi connectivity index (χ0n) is 18.5. The molecule has 2 unspecified atom stereocenters. The summed E-state index contributed by atoms with van der Waals surface area (Å²) in [5.41, 5.74) is -0.233. The van der Waals surface area contributed by atoms with Crippen LogP contribution in [0.3, 0.4) is 0 Å². The molecule has 0 N–H and O–H groups in total. The lowest BCUT2D eigenvalue weighted by atomic mass is 9.80. The van der Waals surface area contributed by atoms with Crippen LogP contribution in [0.2, 0.25) is 0 Å². The fraction of sp³-hybridized carbons (Fsp3) is 0.615. The normalized spacial score (nSPS) is 27.0. The van der Waals surface area contributed by atoms with Crippen LogP contribution in [0.25, 0.3) is 0 Å². The molecule has 1 saturated heterocycles. The molecule has 1 aromatic carbocycles. The van der Waals surface area contributed by atoms with Gasteiger partial charge in [-0.25, -0.2) is 13.2 Å². The molecule has 2 fully saturated rings. The lowest BCUT2D eigenvalue weighted by Crippen LogP contribution is -2.24. The van der Waals surface area contributed by atoms with Crippen LogP contribution < -0.4 is 4.74 Å². The Labute approximate surface area is 184 Å². The van der Waals surface area contributed by atoms with E-state index < -0.39 is 17.8 Å². The van der Waals surface area contributed by atoms with Gasteiger partial charge >= 0.3 is 0 Å².